The molecule has 0 unspecified atom stereocenters. The number of hydrogen-bond acceptors (Lipinski definition) is 3. The Labute approximate surface area is 210 Å². The van der Waals surface area contributed by atoms with Crippen molar-refractivity contribution in [2.45, 2.75) is 77.9 Å². The first-order chi connectivity index (χ1) is 16.0. The van der Waals surface area contributed by atoms with Gasteiger partial charge in [-0.05, 0) is 70.7 Å². The summed E-state index contributed by atoms with van der Waals surface area (Å²) in [5.41, 5.74) is 2.38. The first-order valence-corrected chi connectivity index (χ1v) is 12.5. The van der Waals surface area contributed by atoms with E-state index in [2.05, 4.69) is 38.2 Å². The van der Waals surface area contributed by atoms with Crippen LogP contribution in [0.15, 0.2) is 24.3 Å². The van der Waals surface area contributed by atoms with Crippen molar-refractivity contribution in [3.63, 3.8) is 0 Å². The molecule has 0 bridgehead atoms. The maximum absolute atomic E-state index is 14.3. The fourth-order valence-corrected chi connectivity index (χ4v) is 4.88. The number of piperidine rings is 1. The Bertz CT molecular complexity index is 951. The zero-order valence-corrected chi connectivity index (χ0v) is 21.9. The van der Waals surface area contributed by atoms with Crippen molar-refractivity contribution >= 4 is 35.3 Å². The number of amides is 1. The minimum absolute atomic E-state index is 0. The Balaban J connectivity index is 0.00000408. The molecule has 1 aromatic heterocycles. The number of carbonyl (C=O) groups excluding carboxylic acids is 1. The average molecular weight is 494 g/mol. The number of allylic oxidation sites excluding steroid dienone is 1. The van der Waals surface area contributed by atoms with E-state index in [0.29, 0.717) is 18.8 Å². The number of hydrogen-bond donors (Lipinski definition) is 1. The highest BCUT2D eigenvalue weighted by atomic mass is 35.5. The largest absolute Gasteiger partial charge is 0.385 e. The fraction of sp³-hybridized carbons (Fsp3) is 0.593. The summed E-state index contributed by atoms with van der Waals surface area (Å²) in [7, 11) is 1.70. The van der Waals surface area contributed by atoms with Crippen LogP contribution in [-0.4, -0.2) is 54.3 Å². The van der Waals surface area contributed by atoms with Crippen molar-refractivity contribution in [1.82, 2.24) is 14.8 Å². The van der Waals surface area contributed by atoms with Gasteiger partial charge in [-0.3, -0.25) is 4.79 Å². The summed E-state index contributed by atoms with van der Waals surface area (Å²) in [4.78, 5) is 16.3. The van der Waals surface area contributed by atoms with Crippen LogP contribution in [0.2, 0.25) is 0 Å². The Morgan fingerprint density at radius 1 is 1.35 bits per heavy atom. The number of carbonyl (C=O) groups is 1. The van der Waals surface area contributed by atoms with Gasteiger partial charge in [0.15, 0.2) is 0 Å². The van der Waals surface area contributed by atoms with Crippen molar-refractivity contribution < 1.29 is 13.9 Å². The Hall–Kier alpha value is -1.89. The number of nitrogens with one attached hydrogen (secondary N) is 1. The minimum Gasteiger partial charge on any atom is -0.385 e. The number of fused-ring (bicyclic) bond motifs is 1. The second-order valence-electron chi connectivity index (χ2n) is 9.27. The average Bonchev–Trinajstić information content (AvgIpc) is 3.10. The van der Waals surface area contributed by atoms with Gasteiger partial charge in [0.1, 0.15) is 11.5 Å². The third-order valence-electron chi connectivity index (χ3n) is 6.44. The normalized spacial score (nSPS) is 16.4. The number of unbranched alkanes of at least 4 members (excludes halogenated alkanes) is 2. The van der Waals surface area contributed by atoms with Crippen molar-refractivity contribution in [1.29, 1.82) is 0 Å². The van der Waals surface area contributed by atoms with E-state index in [9.17, 15) is 9.18 Å². The maximum Gasteiger partial charge on any atom is 0.271 e. The van der Waals surface area contributed by atoms with Crippen LogP contribution in [0.5, 0.6) is 0 Å². The number of ether oxygens (including phenoxy) is 1. The summed E-state index contributed by atoms with van der Waals surface area (Å²) >= 11 is 0. The van der Waals surface area contributed by atoms with Gasteiger partial charge in [0.25, 0.3) is 5.91 Å². The number of aryl methyl sites for hydroxylation is 1. The van der Waals surface area contributed by atoms with Gasteiger partial charge in [-0.2, -0.15) is 0 Å². The van der Waals surface area contributed by atoms with Crippen LogP contribution in [-0.2, 0) is 11.3 Å². The Kier molecular flexibility index (Phi) is 11.6. The lowest BCUT2D eigenvalue weighted by atomic mass is 10.0. The van der Waals surface area contributed by atoms with E-state index in [0.717, 1.165) is 68.1 Å². The molecule has 1 aromatic carbocycles. The summed E-state index contributed by atoms with van der Waals surface area (Å²) in [6.45, 7) is 9.46. The number of rotatable bonds is 11. The quantitative estimate of drug-likeness (QED) is 0.388. The topological polar surface area (TPSA) is 46.5 Å². The van der Waals surface area contributed by atoms with Gasteiger partial charge in [0.05, 0.1) is 5.52 Å². The SMILES string of the molecule is CCC/C=C/c1c(C(=O)N(C(C)C)[C@@H]2CCCNC2)n(CCCCOC)c2cc(F)ccc12.Cl. The number of nitrogens with zero attached hydrogens (tertiary/aromatic N) is 2. The zero-order valence-electron chi connectivity index (χ0n) is 21.1. The molecule has 1 fully saturated rings. The number of halogens is 2. The first-order valence-electron chi connectivity index (χ1n) is 12.5. The van der Waals surface area contributed by atoms with Gasteiger partial charge in [0.2, 0.25) is 0 Å². The zero-order chi connectivity index (χ0) is 23.8. The highest BCUT2D eigenvalue weighted by molar-refractivity contribution is 6.05. The molecule has 1 amide bonds. The van der Waals surface area contributed by atoms with Crippen LogP contribution in [0.4, 0.5) is 4.39 Å². The molecule has 0 aliphatic carbocycles. The lowest BCUT2D eigenvalue weighted by molar-refractivity contribution is 0.0562. The molecule has 2 heterocycles. The third-order valence-corrected chi connectivity index (χ3v) is 6.44. The molecular formula is C27H41ClFN3O2. The first kappa shape index (κ1) is 28.3. The number of methoxy groups -OCH3 is 1. The predicted molar refractivity (Wildman–Crippen MR) is 141 cm³/mol. The maximum atomic E-state index is 14.3. The fourth-order valence-electron chi connectivity index (χ4n) is 4.88. The second kappa shape index (κ2) is 13.9. The van der Waals surface area contributed by atoms with Gasteiger partial charge < -0.3 is 19.5 Å². The molecule has 1 aliphatic heterocycles. The molecule has 34 heavy (non-hydrogen) atoms. The molecule has 190 valence electrons. The summed E-state index contributed by atoms with van der Waals surface area (Å²) in [6.07, 6.45) is 9.99. The van der Waals surface area contributed by atoms with E-state index >= 15 is 0 Å². The standard InChI is InChI=1S/C27H40FN3O2.ClH/c1-5-6-7-12-24-23-14-13-21(28)18-25(23)30(16-8-9-17-33-4)26(24)27(32)31(20(2)3)22-11-10-15-29-19-22;/h7,12-14,18,20,22,29H,5-6,8-11,15-17,19H2,1-4H3;1H/b12-7+;/t22-;/m1./s1. The molecule has 1 aliphatic rings. The minimum atomic E-state index is -0.279. The van der Waals surface area contributed by atoms with Crippen molar-refractivity contribution in [2.24, 2.45) is 0 Å². The van der Waals surface area contributed by atoms with Gasteiger partial charge in [-0.1, -0.05) is 25.5 Å². The van der Waals surface area contributed by atoms with Crippen LogP contribution in [0.1, 0.15) is 75.3 Å². The van der Waals surface area contributed by atoms with Gasteiger partial charge in [0, 0.05) is 49.8 Å². The molecule has 3 rings (SSSR count). The second-order valence-corrected chi connectivity index (χ2v) is 9.27. The van der Waals surface area contributed by atoms with Crippen molar-refractivity contribution in [3.05, 3.63) is 41.3 Å². The third kappa shape index (κ3) is 6.61. The van der Waals surface area contributed by atoms with E-state index in [4.69, 9.17) is 4.74 Å². The Morgan fingerprint density at radius 3 is 2.79 bits per heavy atom. The van der Waals surface area contributed by atoms with E-state index < -0.39 is 0 Å². The van der Waals surface area contributed by atoms with E-state index in [1.807, 2.05) is 15.5 Å². The van der Waals surface area contributed by atoms with E-state index in [1.54, 1.807) is 13.2 Å². The highest BCUT2D eigenvalue weighted by Gasteiger charge is 2.32. The molecule has 1 saturated heterocycles. The summed E-state index contributed by atoms with van der Waals surface area (Å²) in [6, 6.07) is 5.12. The summed E-state index contributed by atoms with van der Waals surface area (Å²) in [5, 5.41) is 4.39. The van der Waals surface area contributed by atoms with Gasteiger partial charge in [-0.25, -0.2) is 4.39 Å². The van der Waals surface area contributed by atoms with Crippen molar-refractivity contribution in [2.75, 3.05) is 26.8 Å². The molecule has 1 N–H and O–H groups in total. The van der Waals surface area contributed by atoms with Crippen LogP contribution >= 0.6 is 12.4 Å². The molecule has 2 aromatic rings. The lowest BCUT2D eigenvalue weighted by Gasteiger charge is -2.38. The monoisotopic (exact) mass is 493 g/mol. The number of aromatic nitrogens is 1. The number of benzene rings is 1. The van der Waals surface area contributed by atoms with Crippen LogP contribution in [0, 0.1) is 5.82 Å². The summed E-state index contributed by atoms with van der Waals surface area (Å²) < 4.78 is 21.6. The molecule has 7 heteroatoms. The molecule has 0 radical (unpaired) electrons. The van der Waals surface area contributed by atoms with Crippen LogP contribution in [0.25, 0.3) is 17.0 Å². The van der Waals surface area contributed by atoms with E-state index in [1.165, 1.54) is 6.07 Å². The molecule has 5 nitrogen and oxygen atoms in total. The molecule has 0 spiro atoms. The summed E-state index contributed by atoms with van der Waals surface area (Å²) in [5.74, 6) is -0.239. The smallest absolute Gasteiger partial charge is 0.271 e. The molecule has 1 atom stereocenters. The lowest BCUT2D eigenvalue weighted by Crippen LogP contribution is -2.52. The highest BCUT2D eigenvalue weighted by Crippen LogP contribution is 2.31. The van der Waals surface area contributed by atoms with Crippen LogP contribution < -0.4 is 5.32 Å². The van der Waals surface area contributed by atoms with E-state index in [-0.39, 0.29) is 36.2 Å². The Morgan fingerprint density at radius 2 is 2.15 bits per heavy atom. The predicted octanol–water partition coefficient (Wildman–Crippen LogP) is 6.04. The molecule has 0 saturated carbocycles. The van der Waals surface area contributed by atoms with Gasteiger partial charge in [-0.15, -0.1) is 12.4 Å². The molecular weight excluding hydrogens is 453 g/mol. The van der Waals surface area contributed by atoms with Crippen LogP contribution in [0.3, 0.4) is 0 Å². The van der Waals surface area contributed by atoms with Gasteiger partial charge >= 0.3 is 0 Å². The van der Waals surface area contributed by atoms with Crippen molar-refractivity contribution in [3.8, 4) is 0 Å².